The van der Waals surface area contributed by atoms with Gasteiger partial charge in [0.25, 0.3) is 0 Å². The monoisotopic (exact) mass is 302 g/mol. The van der Waals surface area contributed by atoms with Crippen molar-refractivity contribution in [2.45, 2.75) is 6.61 Å². The predicted molar refractivity (Wildman–Crippen MR) is 87.9 cm³/mol. The van der Waals surface area contributed by atoms with E-state index in [1.54, 1.807) is 0 Å². The Morgan fingerprint density at radius 1 is 0.870 bits per heavy atom. The first kappa shape index (κ1) is 13.5. The summed E-state index contributed by atoms with van der Waals surface area (Å²) >= 11 is 0. The van der Waals surface area contributed by atoms with Crippen molar-refractivity contribution < 1.29 is 4.74 Å². The molecule has 3 aromatic carbocycles. The Bertz CT molecular complexity index is 920. The molecule has 0 fully saturated rings. The minimum atomic E-state index is 0.272. The van der Waals surface area contributed by atoms with Gasteiger partial charge in [0.05, 0.1) is 0 Å². The van der Waals surface area contributed by atoms with Gasteiger partial charge in [-0.1, -0.05) is 65.9 Å². The van der Waals surface area contributed by atoms with Gasteiger partial charge in [-0.05, 0) is 22.4 Å². The van der Waals surface area contributed by atoms with Crippen LogP contribution in [-0.2, 0) is 6.61 Å². The lowest BCUT2D eigenvalue weighted by Crippen LogP contribution is -1.99. The Balaban J connectivity index is 1.83. The van der Waals surface area contributed by atoms with Gasteiger partial charge in [0.2, 0.25) is 5.82 Å². The SMILES string of the molecule is c1ccc(-c2c(OCc3nn[nH]n3)ccc3ccccc23)cc1. The fourth-order valence-electron chi connectivity index (χ4n) is 2.66. The van der Waals surface area contributed by atoms with Crippen molar-refractivity contribution in [3.05, 3.63) is 72.6 Å². The van der Waals surface area contributed by atoms with Gasteiger partial charge in [0.15, 0.2) is 6.61 Å². The Kier molecular flexibility index (Phi) is 3.44. The first-order chi connectivity index (χ1) is 11.4. The number of nitrogens with zero attached hydrogens (tertiary/aromatic N) is 3. The third kappa shape index (κ3) is 2.64. The fraction of sp³-hybridized carbons (Fsp3) is 0.0556. The molecule has 4 aromatic rings. The minimum absolute atomic E-state index is 0.272. The molecule has 1 aromatic heterocycles. The van der Waals surface area contributed by atoms with Gasteiger partial charge in [0.1, 0.15) is 5.75 Å². The third-order valence-electron chi connectivity index (χ3n) is 3.70. The van der Waals surface area contributed by atoms with Crippen molar-refractivity contribution in [2.75, 3.05) is 0 Å². The molecule has 0 saturated carbocycles. The van der Waals surface area contributed by atoms with Gasteiger partial charge >= 0.3 is 0 Å². The number of aromatic amines is 1. The molecule has 0 aliphatic carbocycles. The van der Waals surface area contributed by atoms with Crippen molar-refractivity contribution >= 4 is 10.8 Å². The second-order valence-corrected chi connectivity index (χ2v) is 5.14. The number of fused-ring (bicyclic) bond motifs is 1. The molecule has 0 aliphatic rings. The number of H-pyrrole nitrogens is 1. The zero-order valence-corrected chi connectivity index (χ0v) is 12.3. The second kappa shape index (κ2) is 5.88. The highest BCUT2D eigenvalue weighted by molar-refractivity contribution is 5.99. The summed E-state index contributed by atoms with van der Waals surface area (Å²) in [6.45, 7) is 0.272. The van der Waals surface area contributed by atoms with Gasteiger partial charge in [0, 0.05) is 5.56 Å². The summed E-state index contributed by atoms with van der Waals surface area (Å²) in [5.41, 5.74) is 2.19. The highest BCUT2D eigenvalue weighted by atomic mass is 16.5. The van der Waals surface area contributed by atoms with Crippen LogP contribution in [0.1, 0.15) is 5.82 Å². The number of aromatic nitrogens is 4. The smallest absolute Gasteiger partial charge is 0.211 e. The Morgan fingerprint density at radius 3 is 2.52 bits per heavy atom. The first-order valence-electron chi connectivity index (χ1n) is 7.34. The van der Waals surface area contributed by atoms with Crippen LogP contribution in [0.3, 0.4) is 0 Å². The second-order valence-electron chi connectivity index (χ2n) is 5.14. The van der Waals surface area contributed by atoms with Crippen LogP contribution >= 0.6 is 0 Å². The molecule has 0 bridgehead atoms. The van der Waals surface area contributed by atoms with Gasteiger partial charge in [-0.25, -0.2) is 0 Å². The number of hydrogen-bond donors (Lipinski definition) is 1. The van der Waals surface area contributed by atoms with Crippen LogP contribution in [0.5, 0.6) is 5.75 Å². The molecule has 23 heavy (non-hydrogen) atoms. The van der Waals surface area contributed by atoms with Gasteiger partial charge < -0.3 is 4.74 Å². The van der Waals surface area contributed by atoms with Crippen LogP contribution in [0.25, 0.3) is 21.9 Å². The van der Waals surface area contributed by atoms with E-state index in [0.29, 0.717) is 5.82 Å². The molecule has 112 valence electrons. The molecule has 5 heteroatoms. The number of tetrazole rings is 1. The maximum Gasteiger partial charge on any atom is 0.211 e. The summed E-state index contributed by atoms with van der Waals surface area (Å²) in [6, 6.07) is 22.6. The summed E-state index contributed by atoms with van der Waals surface area (Å²) in [6.07, 6.45) is 0. The quantitative estimate of drug-likeness (QED) is 0.625. The minimum Gasteiger partial charge on any atom is -0.485 e. The van der Waals surface area contributed by atoms with Crippen LogP contribution in [0.15, 0.2) is 66.7 Å². The maximum absolute atomic E-state index is 5.96. The maximum atomic E-state index is 5.96. The van der Waals surface area contributed by atoms with Crippen LogP contribution < -0.4 is 4.74 Å². The lowest BCUT2D eigenvalue weighted by molar-refractivity contribution is 0.297. The van der Waals surface area contributed by atoms with Crippen molar-refractivity contribution in [1.82, 2.24) is 20.6 Å². The number of ether oxygens (including phenoxy) is 1. The summed E-state index contributed by atoms with van der Waals surface area (Å²) < 4.78 is 5.96. The summed E-state index contributed by atoms with van der Waals surface area (Å²) in [7, 11) is 0. The van der Waals surface area contributed by atoms with E-state index in [0.717, 1.165) is 22.3 Å². The van der Waals surface area contributed by atoms with Crippen molar-refractivity contribution in [2.24, 2.45) is 0 Å². The highest BCUT2D eigenvalue weighted by Crippen LogP contribution is 2.37. The molecule has 0 unspecified atom stereocenters. The molecule has 5 nitrogen and oxygen atoms in total. The molecular formula is C18H14N4O. The lowest BCUT2D eigenvalue weighted by atomic mass is 9.97. The van der Waals surface area contributed by atoms with Crippen LogP contribution in [0, 0.1) is 0 Å². The van der Waals surface area contributed by atoms with Gasteiger partial charge in [-0.2, -0.15) is 5.21 Å². The van der Waals surface area contributed by atoms with E-state index < -0.39 is 0 Å². The zero-order chi connectivity index (χ0) is 15.5. The van der Waals surface area contributed by atoms with Crippen LogP contribution in [0.4, 0.5) is 0 Å². The molecule has 0 aliphatic heterocycles. The summed E-state index contributed by atoms with van der Waals surface area (Å²) in [5.74, 6) is 1.33. The Hall–Kier alpha value is -3.21. The van der Waals surface area contributed by atoms with E-state index in [9.17, 15) is 0 Å². The zero-order valence-electron chi connectivity index (χ0n) is 12.3. The third-order valence-corrected chi connectivity index (χ3v) is 3.70. The van der Waals surface area contributed by atoms with E-state index in [4.69, 9.17) is 4.74 Å². The van der Waals surface area contributed by atoms with Gasteiger partial charge in [-0.3, -0.25) is 0 Å². The molecule has 1 N–H and O–H groups in total. The van der Waals surface area contributed by atoms with Gasteiger partial charge in [-0.15, -0.1) is 10.2 Å². The summed E-state index contributed by atoms with van der Waals surface area (Å²) in [4.78, 5) is 0. The predicted octanol–water partition coefficient (Wildman–Crippen LogP) is 3.60. The average Bonchev–Trinajstić information content (AvgIpc) is 3.13. The van der Waals surface area contributed by atoms with Crippen molar-refractivity contribution in [3.8, 4) is 16.9 Å². The average molecular weight is 302 g/mol. The number of rotatable bonds is 4. The Labute approximate surface area is 132 Å². The van der Waals surface area contributed by atoms with Crippen LogP contribution in [-0.4, -0.2) is 20.6 Å². The van der Waals surface area contributed by atoms with Crippen molar-refractivity contribution in [3.63, 3.8) is 0 Å². The normalized spacial score (nSPS) is 10.8. The highest BCUT2D eigenvalue weighted by Gasteiger charge is 2.12. The largest absolute Gasteiger partial charge is 0.485 e. The number of nitrogens with one attached hydrogen (secondary N) is 1. The van der Waals surface area contributed by atoms with Crippen molar-refractivity contribution in [1.29, 1.82) is 0 Å². The van der Waals surface area contributed by atoms with E-state index in [2.05, 4.69) is 51.0 Å². The van der Waals surface area contributed by atoms with E-state index in [1.165, 1.54) is 5.39 Å². The molecule has 0 amide bonds. The lowest BCUT2D eigenvalue weighted by Gasteiger charge is -2.14. The van der Waals surface area contributed by atoms with E-state index >= 15 is 0 Å². The van der Waals surface area contributed by atoms with Crippen LogP contribution in [0.2, 0.25) is 0 Å². The molecule has 4 rings (SSSR count). The Morgan fingerprint density at radius 2 is 1.70 bits per heavy atom. The first-order valence-corrected chi connectivity index (χ1v) is 7.34. The fourth-order valence-corrected chi connectivity index (χ4v) is 2.66. The molecule has 0 radical (unpaired) electrons. The number of hydrogen-bond acceptors (Lipinski definition) is 4. The standard InChI is InChI=1S/C18H14N4O/c1-2-7-14(8-3-1)18-15-9-5-4-6-13(15)10-11-16(18)23-12-17-19-21-22-20-17/h1-11H,12H2,(H,19,20,21,22). The molecule has 0 atom stereocenters. The molecule has 0 spiro atoms. The molecule has 1 heterocycles. The van der Waals surface area contributed by atoms with E-state index in [-0.39, 0.29) is 6.61 Å². The van der Waals surface area contributed by atoms with E-state index in [1.807, 2.05) is 36.4 Å². The summed E-state index contributed by atoms with van der Waals surface area (Å²) in [5, 5.41) is 16.2. The molecule has 0 saturated heterocycles. The molecular weight excluding hydrogens is 288 g/mol. The number of benzene rings is 3. The topological polar surface area (TPSA) is 63.7 Å².